The van der Waals surface area contributed by atoms with Gasteiger partial charge in [-0.3, -0.25) is 0 Å². The first-order chi connectivity index (χ1) is 7.81. The first-order valence-corrected chi connectivity index (χ1v) is 5.02. The van der Waals surface area contributed by atoms with Gasteiger partial charge in [0.15, 0.2) is 5.82 Å². The summed E-state index contributed by atoms with van der Waals surface area (Å²) in [7, 11) is 0. The number of nitrogens with zero attached hydrogens (tertiary/aromatic N) is 2. The van der Waals surface area contributed by atoms with Gasteiger partial charge in [0.1, 0.15) is 5.75 Å². The van der Waals surface area contributed by atoms with Crippen LogP contribution in [0.2, 0.25) is 0 Å². The van der Waals surface area contributed by atoms with E-state index in [-0.39, 0.29) is 5.75 Å². The van der Waals surface area contributed by atoms with Crippen molar-refractivity contribution in [1.29, 1.82) is 0 Å². The molecule has 3 heteroatoms. The number of phenolic OH excluding ortho intramolecular Hbond substituents is 1. The smallest absolute Gasteiger partial charge is 0.163 e. The molecule has 0 saturated carbocycles. The number of rotatable bonds is 3. The van der Waals surface area contributed by atoms with E-state index in [4.69, 9.17) is 0 Å². The molecular formula is C13H12N2O. The summed E-state index contributed by atoms with van der Waals surface area (Å²) in [6, 6.07) is 8.87. The molecule has 0 fully saturated rings. The molecule has 0 saturated heterocycles. The summed E-state index contributed by atoms with van der Waals surface area (Å²) >= 11 is 0. The minimum Gasteiger partial charge on any atom is -0.507 e. The summed E-state index contributed by atoms with van der Waals surface area (Å²) in [4.78, 5) is 8.50. The van der Waals surface area contributed by atoms with Crippen molar-refractivity contribution in [3.05, 3.63) is 54.9 Å². The van der Waals surface area contributed by atoms with Crippen LogP contribution in [0.25, 0.3) is 11.4 Å². The lowest BCUT2D eigenvalue weighted by molar-refractivity contribution is 0.477. The van der Waals surface area contributed by atoms with E-state index in [0.717, 1.165) is 5.69 Å². The van der Waals surface area contributed by atoms with Crippen LogP contribution in [0, 0.1) is 0 Å². The monoisotopic (exact) mass is 212 g/mol. The Bertz CT molecular complexity index is 509. The molecule has 1 N–H and O–H groups in total. The number of aromatic hydroxyl groups is 1. The Morgan fingerprint density at radius 2 is 2.06 bits per heavy atom. The molecule has 0 spiro atoms. The van der Waals surface area contributed by atoms with Gasteiger partial charge in [-0.15, -0.1) is 6.58 Å². The summed E-state index contributed by atoms with van der Waals surface area (Å²) in [5, 5.41) is 9.68. The molecule has 0 amide bonds. The van der Waals surface area contributed by atoms with E-state index in [9.17, 15) is 5.11 Å². The van der Waals surface area contributed by atoms with Crippen LogP contribution in [-0.2, 0) is 6.42 Å². The molecule has 1 aromatic heterocycles. The van der Waals surface area contributed by atoms with Crippen LogP contribution < -0.4 is 0 Å². The number of para-hydroxylation sites is 1. The topological polar surface area (TPSA) is 46.0 Å². The van der Waals surface area contributed by atoms with E-state index in [0.29, 0.717) is 17.8 Å². The third kappa shape index (κ3) is 2.08. The molecule has 16 heavy (non-hydrogen) atoms. The van der Waals surface area contributed by atoms with Gasteiger partial charge in [-0.25, -0.2) is 9.97 Å². The van der Waals surface area contributed by atoms with Crippen molar-refractivity contribution in [1.82, 2.24) is 9.97 Å². The molecule has 0 atom stereocenters. The summed E-state index contributed by atoms with van der Waals surface area (Å²) < 4.78 is 0. The Hall–Kier alpha value is -2.16. The molecule has 1 aromatic carbocycles. The SMILES string of the molecule is C=CCc1ccnc(-c2ccccc2O)n1. The highest BCUT2D eigenvalue weighted by atomic mass is 16.3. The molecule has 0 radical (unpaired) electrons. The number of hydrogen-bond acceptors (Lipinski definition) is 3. The van der Waals surface area contributed by atoms with Gasteiger partial charge in [0, 0.05) is 18.3 Å². The molecule has 80 valence electrons. The minimum absolute atomic E-state index is 0.193. The summed E-state index contributed by atoms with van der Waals surface area (Å²) in [5.74, 6) is 0.732. The third-order valence-electron chi connectivity index (χ3n) is 2.21. The fraction of sp³-hybridized carbons (Fsp3) is 0.0769. The van der Waals surface area contributed by atoms with Gasteiger partial charge in [0.05, 0.1) is 5.56 Å². The lowest BCUT2D eigenvalue weighted by atomic mass is 10.2. The van der Waals surface area contributed by atoms with Gasteiger partial charge < -0.3 is 5.11 Å². The van der Waals surface area contributed by atoms with Gasteiger partial charge in [0.25, 0.3) is 0 Å². The highest BCUT2D eigenvalue weighted by molar-refractivity contribution is 5.63. The number of hydrogen-bond donors (Lipinski definition) is 1. The van der Waals surface area contributed by atoms with Crippen molar-refractivity contribution >= 4 is 0 Å². The highest BCUT2D eigenvalue weighted by Gasteiger charge is 2.06. The Labute approximate surface area is 94.1 Å². The van der Waals surface area contributed by atoms with Gasteiger partial charge in [-0.1, -0.05) is 18.2 Å². The minimum atomic E-state index is 0.193. The molecule has 2 rings (SSSR count). The highest BCUT2D eigenvalue weighted by Crippen LogP contribution is 2.25. The van der Waals surface area contributed by atoms with Crippen molar-refractivity contribution in [2.75, 3.05) is 0 Å². The second-order valence-electron chi connectivity index (χ2n) is 3.38. The Morgan fingerprint density at radius 3 is 2.81 bits per heavy atom. The quantitative estimate of drug-likeness (QED) is 0.795. The van der Waals surface area contributed by atoms with Gasteiger partial charge in [-0.2, -0.15) is 0 Å². The van der Waals surface area contributed by atoms with E-state index >= 15 is 0 Å². The molecule has 3 nitrogen and oxygen atoms in total. The molecule has 2 aromatic rings. The second kappa shape index (κ2) is 4.57. The normalized spacial score (nSPS) is 10.0. The van der Waals surface area contributed by atoms with Crippen LogP contribution in [0.3, 0.4) is 0 Å². The molecule has 0 aliphatic rings. The van der Waals surface area contributed by atoms with Gasteiger partial charge in [0.2, 0.25) is 0 Å². The lowest BCUT2D eigenvalue weighted by Crippen LogP contribution is -1.93. The van der Waals surface area contributed by atoms with Crippen molar-refractivity contribution in [3.8, 4) is 17.1 Å². The first kappa shape index (κ1) is 10.4. The maximum absolute atomic E-state index is 9.68. The number of aromatic nitrogens is 2. The second-order valence-corrected chi connectivity index (χ2v) is 3.38. The Kier molecular flexibility index (Phi) is 2.96. The van der Waals surface area contributed by atoms with E-state index in [1.165, 1.54) is 0 Å². The zero-order chi connectivity index (χ0) is 11.4. The van der Waals surface area contributed by atoms with Gasteiger partial charge >= 0.3 is 0 Å². The maximum atomic E-state index is 9.68. The lowest BCUT2D eigenvalue weighted by Gasteiger charge is -2.03. The average molecular weight is 212 g/mol. The molecule has 0 aliphatic carbocycles. The number of phenols is 1. The van der Waals surface area contributed by atoms with Crippen LogP contribution in [0.1, 0.15) is 5.69 Å². The Morgan fingerprint density at radius 1 is 1.25 bits per heavy atom. The zero-order valence-corrected chi connectivity index (χ0v) is 8.80. The predicted octanol–water partition coefficient (Wildman–Crippen LogP) is 2.58. The van der Waals surface area contributed by atoms with Crippen LogP contribution in [0.5, 0.6) is 5.75 Å². The van der Waals surface area contributed by atoms with E-state index in [1.54, 1.807) is 30.5 Å². The van der Waals surface area contributed by atoms with Crippen molar-refractivity contribution in [2.45, 2.75) is 6.42 Å². The standard InChI is InChI=1S/C13H12N2O/c1-2-5-10-8-9-14-13(15-10)11-6-3-4-7-12(11)16/h2-4,6-9,16H,1,5H2. The van der Waals surface area contributed by atoms with E-state index in [1.807, 2.05) is 12.1 Å². The fourth-order valence-corrected chi connectivity index (χ4v) is 1.45. The van der Waals surface area contributed by atoms with Crippen LogP contribution in [0.4, 0.5) is 0 Å². The van der Waals surface area contributed by atoms with Crippen LogP contribution in [-0.4, -0.2) is 15.1 Å². The summed E-state index contributed by atoms with van der Waals surface area (Å²) in [5.41, 5.74) is 1.54. The molecule has 1 heterocycles. The number of benzene rings is 1. The third-order valence-corrected chi connectivity index (χ3v) is 2.21. The molecule has 0 aliphatic heterocycles. The summed E-state index contributed by atoms with van der Waals surface area (Å²) in [6.07, 6.45) is 4.17. The van der Waals surface area contributed by atoms with Crippen molar-refractivity contribution < 1.29 is 5.11 Å². The predicted molar refractivity (Wildman–Crippen MR) is 63.0 cm³/mol. The van der Waals surface area contributed by atoms with E-state index in [2.05, 4.69) is 16.5 Å². The average Bonchev–Trinajstić information content (AvgIpc) is 2.30. The number of allylic oxidation sites excluding steroid dienone is 1. The first-order valence-electron chi connectivity index (χ1n) is 5.02. The Balaban J connectivity index is 2.44. The zero-order valence-electron chi connectivity index (χ0n) is 8.80. The molecular weight excluding hydrogens is 200 g/mol. The fourth-order valence-electron chi connectivity index (χ4n) is 1.45. The van der Waals surface area contributed by atoms with E-state index < -0.39 is 0 Å². The van der Waals surface area contributed by atoms with Crippen molar-refractivity contribution in [2.24, 2.45) is 0 Å². The van der Waals surface area contributed by atoms with Gasteiger partial charge in [-0.05, 0) is 18.2 Å². The maximum Gasteiger partial charge on any atom is 0.163 e. The summed E-state index contributed by atoms with van der Waals surface area (Å²) in [6.45, 7) is 3.67. The van der Waals surface area contributed by atoms with Crippen LogP contribution in [0.15, 0.2) is 49.2 Å². The molecule has 0 unspecified atom stereocenters. The largest absolute Gasteiger partial charge is 0.507 e. The van der Waals surface area contributed by atoms with Crippen LogP contribution >= 0.6 is 0 Å². The van der Waals surface area contributed by atoms with Crippen molar-refractivity contribution in [3.63, 3.8) is 0 Å². The molecule has 0 bridgehead atoms.